The highest BCUT2D eigenvalue weighted by Gasteiger charge is 2.17. The molecule has 0 atom stereocenters. The van der Waals surface area contributed by atoms with Gasteiger partial charge in [-0.2, -0.15) is 9.78 Å². The molecule has 4 aromatic rings. The molecule has 4 rings (SSSR count). The molecule has 0 bridgehead atoms. The standard InChI is InChI=1S/C20H19N5O/c1-14-12-19(21-15(2)26)25(23-14)20-22-17-10-6-7-11-18(17)24(20)13-16-8-4-3-5-9-16/h3-12H,13H2,1-2H3,(H,21,26). The number of nitrogens with one attached hydrogen (secondary N) is 1. The summed E-state index contributed by atoms with van der Waals surface area (Å²) in [6, 6.07) is 20.0. The van der Waals surface area contributed by atoms with Crippen LogP contribution in [0.15, 0.2) is 60.7 Å². The molecule has 0 spiro atoms. The number of para-hydroxylation sites is 2. The molecule has 2 aromatic carbocycles. The number of carbonyl (C=O) groups excluding carboxylic acids is 1. The average Bonchev–Trinajstić information content (AvgIpc) is 3.16. The van der Waals surface area contributed by atoms with Crippen molar-refractivity contribution in [3.8, 4) is 5.95 Å². The minimum absolute atomic E-state index is 0.142. The number of imidazole rings is 1. The maximum Gasteiger partial charge on any atom is 0.234 e. The fraction of sp³-hybridized carbons (Fsp3) is 0.150. The zero-order valence-electron chi connectivity index (χ0n) is 14.7. The van der Waals surface area contributed by atoms with Crippen LogP contribution < -0.4 is 5.32 Å². The summed E-state index contributed by atoms with van der Waals surface area (Å²) in [6.07, 6.45) is 0. The number of benzene rings is 2. The fourth-order valence-electron chi connectivity index (χ4n) is 3.07. The van der Waals surface area contributed by atoms with Crippen molar-refractivity contribution in [2.75, 3.05) is 5.32 Å². The van der Waals surface area contributed by atoms with Crippen LogP contribution in [0.25, 0.3) is 17.0 Å². The number of hydrogen-bond donors (Lipinski definition) is 1. The van der Waals surface area contributed by atoms with E-state index in [9.17, 15) is 4.79 Å². The number of aryl methyl sites for hydroxylation is 1. The molecule has 0 aliphatic heterocycles. The van der Waals surface area contributed by atoms with Crippen LogP contribution in [-0.2, 0) is 11.3 Å². The van der Waals surface area contributed by atoms with Gasteiger partial charge in [-0.1, -0.05) is 42.5 Å². The number of hydrogen-bond acceptors (Lipinski definition) is 3. The van der Waals surface area contributed by atoms with Gasteiger partial charge in [0.1, 0.15) is 5.82 Å². The maximum atomic E-state index is 11.6. The quantitative estimate of drug-likeness (QED) is 0.615. The van der Waals surface area contributed by atoms with Crippen LogP contribution in [0.1, 0.15) is 18.2 Å². The van der Waals surface area contributed by atoms with Crippen molar-refractivity contribution in [2.24, 2.45) is 0 Å². The molecule has 0 radical (unpaired) electrons. The van der Waals surface area contributed by atoms with Gasteiger partial charge in [-0.25, -0.2) is 4.98 Å². The minimum atomic E-state index is -0.142. The molecular weight excluding hydrogens is 326 g/mol. The second kappa shape index (κ2) is 6.48. The van der Waals surface area contributed by atoms with Gasteiger partial charge in [0, 0.05) is 13.0 Å². The van der Waals surface area contributed by atoms with Gasteiger partial charge in [-0.3, -0.25) is 4.79 Å². The lowest BCUT2D eigenvalue weighted by atomic mass is 10.2. The first kappa shape index (κ1) is 16.1. The third kappa shape index (κ3) is 2.97. The Hall–Kier alpha value is -3.41. The van der Waals surface area contributed by atoms with Crippen molar-refractivity contribution in [1.29, 1.82) is 0 Å². The molecule has 6 heteroatoms. The zero-order chi connectivity index (χ0) is 18.1. The van der Waals surface area contributed by atoms with E-state index in [1.165, 1.54) is 12.5 Å². The van der Waals surface area contributed by atoms with E-state index in [1.807, 2.05) is 55.5 Å². The molecule has 0 saturated heterocycles. The molecule has 1 amide bonds. The highest BCUT2D eigenvalue weighted by molar-refractivity contribution is 5.88. The smallest absolute Gasteiger partial charge is 0.234 e. The minimum Gasteiger partial charge on any atom is -0.311 e. The lowest BCUT2D eigenvalue weighted by molar-refractivity contribution is -0.114. The lowest BCUT2D eigenvalue weighted by Crippen LogP contribution is -2.15. The van der Waals surface area contributed by atoms with Crippen molar-refractivity contribution in [3.05, 3.63) is 71.9 Å². The summed E-state index contributed by atoms with van der Waals surface area (Å²) in [5.74, 6) is 1.14. The van der Waals surface area contributed by atoms with Gasteiger partial charge < -0.3 is 9.88 Å². The van der Waals surface area contributed by atoms with Crippen molar-refractivity contribution in [3.63, 3.8) is 0 Å². The van der Waals surface area contributed by atoms with Crippen LogP contribution in [0.4, 0.5) is 5.82 Å². The first-order chi connectivity index (χ1) is 12.6. The molecule has 0 unspecified atom stereocenters. The molecule has 130 valence electrons. The van der Waals surface area contributed by atoms with Gasteiger partial charge in [-0.15, -0.1) is 0 Å². The second-order valence-corrected chi connectivity index (χ2v) is 6.24. The highest BCUT2D eigenvalue weighted by Crippen LogP contribution is 2.23. The topological polar surface area (TPSA) is 64.7 Å². The van der Waals surface area contributed by atoms with Crippen LogP contribution in [0.5, 0.6) is 0 Å². The summed E-state index contributed by atoms with van der Waals surface area (Å²) < 4.78 is 3.81. The fourth-order valence-corrected chi connectivity index (χ4v) is 3.07. The number of nitrogens with zero attached hydrogens (tertiary/aromatic N) is 4. The van der Waals surface area contributed by atoms with E-state index in [2.05, 4.69) is 27.1 Å². The van der Waals surface area contributed by atoms with Crippen LogP contribution in [0.3, 0.4) is 0 Å². The van der Waals surface area contributed by atoms with Crippen LogP contribution in [-0.4, -0.2) is 25.2 Å². The summed E-state index contributed by atoms with van der Waals surface area (Å²) >= 11 is 0. The van der Waals surface area contributed by atoms with Gasteiger partial charge in [0.25, 0.3) is 0 Å². The zero-order valence-corrected chi connectivity index (χ0v) is 14.7. The maximum absolute atomic E-state index is 11.6. The van der Waals surface area contributed by atoms with Crippen molar-refractivity contribution >= 4 is 22.8 Å². The Morgan fingerprint density at radius 3 is 2.58 bits per heavy atom. The van der Waals surface area contributed by atoms with E-state index in [-0.39, 0.29) is 5.91 Å². The Labute approximate surface area is 151 Å². The van der Waals surface area contributed by atoms with E-state index in [4.69, 9.17) is 4.98 Å². The molecule has 2 heterocycles. The number of fused-ring (bicyclic) bond motifs is 1. The summed E-state index contributed by atoms with van der Waals surface area (Å²) in [5.41, 5.74) is 3.89. The number of anilines is 1. The van der Waals surface area contributed by atoms with E-state index >= 15 is 0 Å². The second-order valence-electron chi connectivity index (χ2n) is 6.24. The van der Waals surface area contributed by atoms with Crippen molar-refractivity contribution < 1.29 is 4.79 Å². The van der Waals surface area contributed by atoms with Crippen molar-refractivity contribution in [1.82, 2.24) is 19.3 Å². The summed E-state index contributed by atoms with van der Waals surface area (Å²) in [4.78, 5) is 16.3. The van der Waals surface area contributed by atoms with E-state index in [0.717, 1.165) is 16.7 Å². The van der Waals surface area contributed by atoms with Gasteiger partial charge in [0.15, 0.2) is 0 Å². The number of carbonyl (C=O) groups is 1. The molecule has 0 aliphatic rings. The Kier molecular flexibility index (Phi) is 4.01. The monoisotopic (exact) mass is 345 g/mol. The highest BCUT2D eigenvalue weighted by atomic mass is 16.1. The lowest BCUT2D eigenvalue weighted by Gasteiger charge is -2.11. The third-order valence-corrected chi connectivity index (χ3v) is 4.14. The largest absolute Gasteiger partial charge is 0.311 e. The number of amides is 1. The Balaban J connectivity index is 1.90. The Bertz CT molecular complexity index is 1080. The van der Waals surface area contributed by atoms with Crippen LogP contribution in [0, 0.1) is 6.92 Å². The van der Waals surface area contributed by atoms with Gasteiger partial charge in [0.2, 0.25) is 11.9 Å². The summed E-state index contributed by atoms with van der Waals surface area (Å²) in [7, 11) is 0. The number of rotatable bonds is 4. The molecule has 0 aliphatic carbocycles. The predicted molar refractivity (Wildman–Crippen MR) is 101 cm³/mol. The normalized spacial score (nSPS) is 11.0. The molecule has 6 nitrogen and oxygen atoms in total. The van der Waals surface area contributed by atoms with E-state index < -0.39 is 0 Å². The predicted octanol–water partition coefficient (Wildman–Crippen LogP) is 3.54. The molecule has 0 saturated carbocycles. The average molecular weight is 345 g/mol. The van der Waals surface area contributed by atoms with Gasteiger partial charge in [0.05, 0.1) is 23.3 Å². The van der Waals surface area contributed by atoms with Crippen LogP contribution >= 0.6 is 0 Å². The van der Waals surface area contributed by atoms with E-state index in [1.54, 1.807) is 4.68 Å². The summed E-state index contributed by atoms with van der Waals surface area (Å²) in [5, 5.41) is 7.39. The van der Waals surface area contributed by atoms with Gasteiger partial charge >= 0.3 is 0 Å². The molecule has 26 heavy (non-hydrogen) atoms. The molecule has 1 N–H and O–H groups in total. The Morgan fingerprint density at radius 1 is 1.08 bits per heavy atom. The van der Waals surface area contributed by atoms with E-state index in [0.29, 0.717) is 18.3 Å². The first-order valence-corrected chi connectivity index (χ1v) is 8.45. The summed E-state index contributed by atoms with van der Waals surface area (Å²) in [6.45, 7) is 4.04. The van der Waals surface area contributed by atoms with Crippen LogP contribution in [0.2, 0.25) is 0 Å². The molecule has 2 aromatic heterocycles. The molecular formula is C20H19N5O. The number of aromatic nitrogens is 4. The van der Waals surface area contributed by atoms with Crippen molar-refractivity contribution in [2.45, 2.75) is 20.4 Å². The SMILES string of the molecule is CC(=O)Nc1cc(C)nn1-c1nc2ccccc2n1Cc1ccccc1. The Morgan fingerprint density at radius 2 is 1.81 bits per heavy atom. The molecule has 0 fully saturated rings. The third-order valence-electron chi connectivity index (χ3n) is 4.14. The van der Waals surface area contributed by atoms with Gasteiger partial charge in [-0.05, 0) is 24.6 Å². The first-order valence-electron chi connectivity index (χ1n) is 8.45.